The molecule has 1 atom stereocenters. The van der Waals surface area contributed by atoms with Gasteiger partial charge in [0.05, 0.1) is 11.7 Å². The van der Waals surface area contributed by atoms with E-state index in [1.165, 1.54) is 10.4 Å². The van der Waals surface area contributed by atoms with Crippen LogP contribution in [-0.4, -0.2) is 38.3 Å². The van der Waals surface area contributed by atoms with E-state index in [2.05, 4.69) is 5.32 Å². The zero-order chi connectivity index (χ0) is 21.7. The molecular formula is C21H23Cl3N2O3S. The topological polar surface area (TPSA) is 66.5 Å². The third-order valence-corrected chi connectivity index (χ3v) is 7.76. The number of halogens is 3. The first kappa shape index (κ1) is 23.4. The summed E-state index contributed by atoms with van der Waals surface area (Å²) >= 11 is 17.9. The van der Waals surface area contributed by atoms with Crippen LogP contribution in [0.15, 0.2) is 42.5 Å². The van der Waals surface area contributed by atoms with Gasteiger partial charge in [0.1, 0.15) is 0 Å². The van der Waals surface area contributed by atoms with Crippen molar-refractivity contribution in [3.8, 4) is 0 Å². The number of amides is 1. The molecule has 0 radical (unpaired) electrons. The Morgan fingerprint density at radius 2 is 1.77 bits per heavy atom. The Hall–Kier alpha value is -1.31. The van der Waals surface area contributed by atoms with Gasteiger partial charge in [-0.15, -0.1) is 0 Å². The number of benzene rings is 2. The lowest BCUT2D eigenvalue weighted by Crippen LogP contribution is -2.46. The van der Waals surface area contributed by atoms with Gasteiger partial charge in [0.25, 0.3) is 0 Å². The molecule has 0 spiro atoms. The molecule has 0 saturated carbocycles. The number of hydrogen-bond donors (Lipinski definition) is 1. The summed E-state index contributed by atoms with van der Waals surface area (Å²) in [5, 5.41) is 4.37. The van der Waals surface area contributed by atoms with E-state index in [9.17, 15) is 13.2 Å². The average Bonchev–Trinajstić information content (AvgIpc) is 2.71. The van der Waals surface area contributed by atoms with Crippen molar-refractivity contribution in [3.05, 3.63) is 68.7 Å². The standard InChI is InChI=1S/C21H23Cl3N2O3S/c22-18-6-3-15(4-7-18)9-10-25-21(27)16-2-1-11-26(13-16)30(28,29)14-17-5-8-19(23)12-20(17)24/h3-8,12,16H,1-2,9-11,13-14H2,(H,25,27)/t16-/m0/s1. The molecule has 3 rings (SSSR count). The Balaban J connectivity index is 1.55. The smallest absolute Gasteiger partial charge is 0.224 e. The lowest BCUT2D eigenvalue weighted by Gasteiger charge is -2.31. The number of hydrogen-bond acceptors (Lipinski definition) is 3. The number of nitrogens with one attached hydrogen (secondary N) is 1. The SMILES string of the molecule is O=C(NCCc1ccc(Cl)cc1)[C@H]1CCCN(S(=O)(=O)Cc2ccc(Cl)cc2Cl)C1. The highest BCUT2D eigenvalue weighted by Gasteiger charge is 2.32. The predicted octanol–water partition coefficient (Wildman–Crippen LogP) is 4.55. The van der Waals surface area contributed by atoms with E-state index >= 15 is 0 Å². The highest BCUT2D eigenvalue weighted by molar-refractivity contribution is 7.88. The molecule has 2 aromatic carbocycles. The lowest BCUT2D eigenvalue weighted by atomic mass is 9.99. The molecule has 1 saturated heterocycles. The van der Waals surface area contributed by atoms with Crippen molar-refractivity contribution in [1.29, 1.82) is 0 Å². The number of carbonyl (C=O) groups excluding carboxylic acids is 1. The molecule has 1 amide bonds. The molecule has 1 heterocycles. The molecule has 162 valence electrons. The Bertz CT molecular complexity index is 997. The molecule has 30 heavy (non-hydrogen) atoms. The molecule has 0 aliphatic carbocycles. The van der Waals surface area contributed by atoms with E-state index in [0.29, 0.717) is 53.0 Å². The molecule has 2 aromatic rings. The maximum absolute atomic E-state index is 12.9. The maximum atomic E-state index is 12.9. The number of nitrogens with zero attached hydrogens (tertiary/aromatic N) is 1. The second-order valence-corrected chi connectivity index (χ2v) is 10.6. The summed E-state index contributed by atoms with van der Waals surface area (Å²) in [5.41, 5.74) is 1.57. The number of sulfonamides is 1. The summed E-state index contributed by atoms with van der Waals surface area (Å²) in [6.07, 6.45) is 2.00. The van der Waals surface area contributed by atoms with Gasteiger partial charge in [0, 0.05) is 34.7 Å². The summed E-state index contributed by atoms with van der Waals surface area (Å²) in [6, 6.07) is 12.2. The summed E-state index contributed by atoms with van der Waals surface area (Å²) in [4.78, 5) is 12.6. The van der Waals surface area contributed by atoms with Crippen LogP contribution in [0.4, 0.5) is 0 Å². The Morgan fingerprint density at radius 1 is 1.07 bits per heavy atom. The fourth-order valence-corrected chi connectivity index (χ4v) is 5.78. The van der Waals surface area contributed by atoms with Crippen LogP contribution in [0.1, 0.15) is 24.0 Å². The van der Waals surface area contributed by atoms with E-state index in [1.54, 1.807) is 12.1 Å². The Morgan fingerprint density at radius 3 is 2.47 bits per heavy atom. The van der Waals surface area contributed by atoms with Crippen LogP contribution in [0.3, 0.4) is 0 Å². The molecule has 0 unspecified atom stereocenters. The molecule has 1 aliphatic heterocycles. The van der Waals surface area contributed by atoms with Gasteiger partial charge < -0.3 is 5.32 Å². The van der Waals surface area contributed by atoms with Gasteiger partial charge in [-0.1, -0.05) is 53.0 Å². The van der Waals surface area contributed by atoms with E-state index < -0.39 is 10.0 Å². The highest BCUT2D eigenvalue weighted by atomic mass is 35.5. The van der Waals surface area contributed by atoms with Crippen molar-refractivity contribution in [2.75, 3.05) is 19.6 Å². The minimum atomic E-state index is -3.59. The van der Waals surface area contributed by atoms with Crippen molar-refractivity contribution in [2.24, 2.45) is 5.92 Å². The van der Waals surface area contributed by atoms with Crippen LogP contribution in [0.5, 0.6) is 0 Å². The third-order valence-electron chi connectivity index (χ3n) is 5.13. The number of rotatable bonds is 7. The fourth-order valence-electron chi connectivity index (χ4n) is 3.46. The van der Waals surface area contributed by atoms with E-state index in [4.69, 9.17) is 34.8 Å². The van der Waals surface area contributed by atoms with Crippen LogP contribution in [0.25, 0.3) is 0 Å². The largest absolute Gasteiger partial charge is 0.355 e. The highest BCUT2D eigenvalue weighted by Crippen LogP contribution is 2.26. The lowest BCUT2D eigenvalue weighted by molar-refractivity contribution is -0.126. The average molecular weight is 490 g/mol. The van der Waals surface area contributed by atoms with Gasteiger partial charge in [0.15, 0.2) is 0 Å². The third kappa shape index (κ3) is 6.34. The molecule has 1 fully saturated rings. The Labute approximate surface area is 192 Å². The van der Waals surface area contributed by atoms with Crippen LogP contribution in [0, 0.1) is 5.92 Å². The second kappa shape index (κ2) is 10.3. The van der Waals surface area contributed by atoms with Crippen molar-refractivity contribution >= 4 is 50.7 Å². The van der Waals surface area contributed by atoms with Gasteiger partial charge >= 0.3 is 0 Å². The molecule has 0 bridgehead atoms. The van der Waals surface area contributed by atoms with Crippen LogP contribution in [-0.2, 0) is 27.0 Å². The van der Waals surface area contributed by atoms with Crippen molar-refractivity contribution in [3.63, 3.8) is 0 Å². The minimum Gasteiger partial charge on any atom is -0.355 e. The maximum Gasteiger partial charge on any atom is 0.224 e. The van der Waals surface area contributed by atoms with Gasteiger partial charge in [0.2, 0.25) is 15.9 Å². The summed E-state index contributed by atoms with van der Waals surface area (Å²) < 4.78 is 27.2. The first-order valence-electron chi connectivity index (χ1n) is 9.68. The summed E-state index contributed by atoms with van der Waals surface area (Å²) in [5.74, 6) is -0.693. The van der Waals surface area contributed by atoms with Crippen LogP contribution in [0.2, 0.25) is 15.1 Å². The molecule has 5 nitrogen and oxygen atoms in total. The van der Waals surface area contributed by atoms with Gasteiger partial charge in [-0.05, 0) is 54.7 Å². The van der Waals surface area contributed by atoms with E-state index in [0.717, 1.165) is 5.56 Å². The van der Waals surface area contributed by atoms with Gasteiger partial charge in [-0.2, -0.15) is 0 Å². The van der Waals surface area contributed by atoms with E-state index in [1.807, 2.05) is 24.3 Å². The zero-order valence-corrected chi connectivity index (χ0v) is 19.4. The van der Waals surface area contributed by atoms with Gasteiger partial charge in [-0.25, -0.2) is 12.7 Å². The monoisotopic (exact) mass is 488 g/mol. The first-order valence-corrected chi connectivity index (χ1v) is 12.4. The number of carbonyl (C=O) groups is 1. The fraction of sp³-hybridized carbons (Fsp3) is 0.381. The Kier molecular flexibility index (Phi) is 8.04. The van der Waals surface area contributed by atoms with E-state index in [-0.39, 0.29) is 24.1 Å². The van der Waals surface area contributed by atoms with Gasteiger partial charge in [-0.3, -0.25) is 4.79 Å². The van der Waals surface area contributed by atoms with Crippen molar-refractivity contribution in [2.45, 2.75) is 25.0 Å². The predicted molar refractivity (Wildman–Crippen MR) is 122 cm³/mol. The molecule has 9 heteroatoms. The molecule has 1 N–H and O–H groups in total. The quantitative estimate of drug-likeness (QED) is 0.620. The first-order chi connectivity index (χ1) is 14.2. The molecular weight excluding hydrogens is 467 g/mol. The normalized spacial score (nSPS) is 17.6. The molecule has 1 aliphatic rings. The van der Waals surface area contributed by atoms with Crippen molar-refractivity contribution in [1.82, 2.24) is 9.62 Å². The minimum absolute atomic E-state index is 0.117. The molecule has 0 aromatic heterocycles. The number of piperidine rings is 1. The summed E-state index contributed by atoms with van der Waals surface area (Å²) in [6.45, 7) is 1.08. The summed E-state index contributed by atoms with van der Waals surface area (Å²) in [7, 11) is -3.59. The van der Waals surface area contributed by atoms with Crippen LogP contribution < -0.4 is 5.32 Å². The van der Waals surface area contributed by atoms with Crippen molar-refractivity contribution < 1.29 is 13.2 Å². The van der Waals surface area contributed by atoms with Crippen LogP contribution >= 0.6 is 34.8 Å². The second-order valence-electron chi connectivity index (χ2n) is 7.36. The zero-order valence-electron chi connectivity index (χ0n) is 16.3.